The first-order valence-electron chi connectivity index (χ1n) is 11.2. The van der Waals surface area contributed by atoms with E-state index in [2.05, 4.69) is 27.7 Å². The van der Waals surface area contributed by atoms with Gasteiger partial charge in [-0.1, -0.05) is 24.3 Å². The van der Waals surface area contributed by atoms with Crippen molar-refractivity contribution in [1.29, 1.82) is 0 Å². The summed E-state index contributed by atoms with van der Waals surface area (Å²) in [4.78, 5) is 30.2. The van der Waals surface area contributed by atoms with E-state index >= 15 is 0 Å². The molecule has 172 valence electrons. The normalized spacial score (nSPS) is 18.0. The second-order valence-corrected chi connectivity index (χ2v) is 8.86. The van der Waals surface area contributed by atoms with Crippen molar-refractivity contribution in [3.63, 3.8) is 0 Å². The fourth-order valence-corrected chi connectivity index (χ4v) is 4.41. The van der Waals surface area contributed by atoms with Crippen LogP contribution in [0.25, 0.3) is 10.9 Å². The largest absolute Gasteiger partial charge is 0.377 e. The molecule has 0 spiro atoms. The van der Waals surface area contributed by atoms with Crippen LogP contribution in [0.5, 0.6) is 0 Å². The highest BCUT2D eigenvalue weighted by Gasteiger charge is 2.24. The van der Waals surface area contributed by atoms with E-state index in [4.69, 9.17) is 4.98 Å². The van der Waals surface area contributed by atoms with Gasteiger partial charge in [0.2, 0.25) is 0 Å². The molecule has 33 heavy (non-hydrogen) atoms. The number of para-hydroxylation sites is 1. The number of nitrogens with zero attached hydrogens (tertiary/aromatic N) is 3. The molecule has 0 aliphatic heterocycles. The summed E-state index contributed by atoms with van der Waals surface area (Å²) < 4.78 is 0. The first-order chi connectivity index (χ1) is 15.8. The summed E-state index contributed by atoms with van der Waals surface area (Å²) in [5, 5.41) is 18.9. The van der Waals surface area contributed by atoms with Gasteiger partial charge in [0.25, 0.3) is 11.6 Å². The van der Waals surface area contributed by atoms with E-state index in [1.165, 1.54) is 6.07 Å². The maximum atomic E-state index is 12.6. The Hall–Kier alpha value is -3.68. The van der Waals surface area contributed by atoms with Crippen molar-refractivity contribution in [2.75, 3.05) is 24.3 Å². The van der Waals surface area contributed by atoms with E-state index in [0.29, 0.717) is 11.1 Å². The number of anilines is 2. The Morgan fingerprint density at radius 3 is 2.45 bits per heavy atom. The summed E-state index contributed by atoms with van der Waals surface area (Å²) in [5.74, 6) is 0.596. The summed E-state index contributed by atoms with van der Waals surface area (Å²) in [5.41, 5.74) is 2.91. The molecule has 2 aromatic carbocycles. The van der Waals surface area contributed by atoms with Crippen LogP contribution in [0.15, 0.2) is 48.5 Å². The Labute approximate surface area is 193 Å². The van der Waals surface area contributed by atoms with Gasteiger partial charge < -0.3 is 15.5 Å². The van der Waals surface area contributed by atoms with Crippen molar-refractivity contribution in [2.45, 2.75) is 44.7 Å². The first kappa shape index (κ1) is 22.5. The lowest BCUT2D eigenvalue weighted by molar-refractivity contribution is -0.385. The lowest BCUT2D eigenvalue weighted by Gasteiger charge is -2.30. The molecule has 1 heterocycles. The molecule has 1 aliphatic carbocycles. The molecular formula is C25H29N5O3. The molecule has 0 unspecified atom stereocenters. The standard InChI is InChI=1S/C25H29N5O3/c1-16-8-9-17(14-22(16)30(32)33)25(31)27-19-12-10-18(11-13-19)26-24-15-23(29(2)3)20-6-4-5-7-21(20)28-24/h4-9,14-15,18-19H,10-13H2,1-3H3,(H,26,28)(H,27,31). The average Bonchev–Trinajstić information content (AvgIpc) is 2.79. The predicted molar refractivity (Wildman–Crippen MR) is 131 cm³/mol. The SMILES string of the molecule is Cc1ccc(C(=O)NC2CCC(Nc3cc(N(C)C)c4ccccc4n3)CC2)cc1[N+](=O)[O-]. The molecule has 0 atom stereocenters. The zero-order chi connectivity index (χ0) is 23.5. The van der Waals surface area contributed by atoms with Crippen molar-refractivity contribution in [3.8, 4) is 0 Å². The van der Waals surface area contributed by atoms with Crippen LogP contribution in [0.3, 0.4) is 0 Å². The van der Waals surface area contributed by atoms with Gasteiger partial charge in [-0.15, -0.1) is 0 Å². The lowest BCUT2D eigenvalue weighted by atomic mass is 9.91. The number of rotatable bonds is 6. The third kappa shape index (κ3) is 5.05. The summed E-state index contributed by atoms with van der Waals surface area (Å²) in [6, 6.07) is 15.1. The fraction of sp³-hybridized carbons (Fsp3) is 0.360. The molecule has 1 saturated carbocycles. The Balaban J connectivity index is 1.37. The van der Waals surface area contributed by atoms with Crippen LogP contribution in [0, 0.1) is 17.0 Å². The topological polar surface area (TPSA) is 100 Å². The van der Waals surface area contributed by atoms with E-state index in [-0.39, 0.29) is 23.7 Å². The molecule has 0 bridgehead atoms. The number of nitro benzene ring substituents is 1. The summed E-state index contributed by atoms with van der Waals surface area (Å²) in [6.07, 6.45) is 3.49. The molecule has 0 radical (unpaired) electrons. The van der Waals surface area contributed by atoms with E-state index in [1.807, 2.05) is 32.3 Å². The third-order valence-corrected chi connectivity index (χ3v) is 6.26. The smallest absolute Gasteiger partial charge is 0.273 e. The number of amides is 1. The summed E-state index contributed by atoms with van der Waals surface area (Å²) >= 11 is 0. The molecule has 1 aliphatic rings. The maximum Gasteiger partial charge on any atom is 0.273 e. The molecule has 0 saturated heterocycles. The Kier molecular flexibility index (Phi) is 6.44. The maximum absolute atomic E-state index is 12.6. The number of hydrogen-bond donors (Lipinski definition) is 2. The van der Waals surface area contributed by atoms with Crippen LogP contribution < -0.4 is 15.5 Å². The van der Waals surface area contributed by atoms with Crippen molar-refractivity contribution in [3.05, 3.63) is 69.8 Å². The van der Waals surface area contributed by atoms with Crippen molar-refractivity contribution in [2.24, 2.45) is 0 Å². The van der Waals surface area contributed by atoms with Crippen LogP contribution >= 0.6 is 0 Å². The molecule has 1 fully saturated rings. The number of pyridine rings is 1. The number of nitrogens with one attached hydrogen (secondary N) is 2. The van der Waals surface area contributed by atoms with Gasteiger partial charge in [-0.2, -0.15) is 0 Å². The highest BCUT2D eigenvalue weighted by Crippen LogP contribution is 2.29. The van der Waals surface area contributed by atoms with Gasteiger partial charge in [0.05, 0.1) is 10.4 Å². The molecular weight excluding hydrogens is 418 g/mol. The molecule has 1 amide bonds. The molecule has 4 rings (SSSR count). The van der Waals surface area contributed by atoms with Crippen LogP contribution in [0.2, 0.25) is 0 Å². The zero-order valence-corrected chi connectivity index (χ0v) is 19.2. The van der Waals surface area contributed by atoms with Crippen molar-refractivity contribution >= 4 is 34.0 Å². The Bertz CT molecular complexity index is 1190. The van der Waals surface area contributed by atoms with Crippen molar-refractivity contribution < 1.29 is 9.72 Å². The van der Waals surface area contributed by atoms with Crippen molar-refractivity contribution in [1.82, 2.24) is 10.3 Å². The molecule has 8 nitrogen and oxygen atoms in total. The lowest BCUT2D eigenvalue weighted by Crippen LogP contribution is -2.40. The second-order valence-electron chi connectivity index (χ2n) is 8.86. The van der Waals surface area contributed by atoms with Gasteiger partial charge in [-0.3, -0.25) is 14.9 Å². The number of fused-ring (bicyclic) bond motifs is 1. The molecule has 2 N–H and O–H groups in total. The van der Waals surface area contributed by atoms with Gasteiger partial charge in [-0.05, 0) is 44.7 Å². The number of carbonyl (C=O) groups excluding carboxylic acids is 1. The van der Waals surface area contributed by atoms with Crippen LogP contribution in [-0.4, -0.2) is 42.0 Å². The number of benzene rings is 2. The zero-order valence-electron chi connectivity index (χ0n) is 19.2. The minimum absolute atomic E-state index is 0.0319. The van der Waals surface area contributed by atoms with E-state index < -0.39 is 4.92 Å². The van der Waals surface area contributed by atoms with Gasteiger partial charge in [-0.25, -0.2) is 4.98 Å². The quantitative estimate of drug-likeness (QED) is 0.421. The van der Waals surface area contributed by atoms with Crippen LogP contribution in [0.4, 0.5) is 17.2 Å². The average molecular weight is 448 g/mol. The highest BCUT2D eigenvalue weighted by atomic mass is 16.6. The summed E-state index contributed by atoms with van der Waals surface area (Å²) in [7, 11) is 4.06. The van der Waals surface area contributed by atoms with Gasteiger partial charge in [0.15, 0.2) is 0 Å². The van der Waals surface area contributed by atoms with Gasteiger partial charge >= 0.3 is 0 Å². The van der Waals surface area contributed by atoms with Gasteiger partial charge in [0.1, 0.15) is 5.82 Å². The molecule has 1 aromatic heterocycles. The predicted octanol–water partition coefficient (Wildman–Crippen LogP) is 4.67. The monoisotopic (exact) mass is 447 g/mol. The first-order valence-corrected chi connectivity index (χ1v) is 11.2. The minimum Gasteiger partial charge on any atom is -0.377 e. The number of nitro groups is 1. The number of carbonyl (C=O) groups is 1. The Morgan fingerprint density at radius 1 is 1.06 bits per heavy atom. The van der Waals surface area contributed by atoms with Crippen LogP contribution in [0.1, 0.15) is 41.6 Å². The molecule has 3 aromatic rings. The number of aromatic nitrogens is 1. The second kappa shape index (κ2) is 9.44. The highest BCUT2D eigenvalue weighted by molar-refractivity contribution is 5.95. The minimum atomic E-state index is -0.453. The summed E-state index contributed by atoms with van der Waals surface area (Å²) in [6.45, 7) is 1.67. The van der Waals surface area contributed by atoms with Gasteiger partial charge in [0, 0.05) is 60.5 Å². The van der Waals surface area contributed by atoms with E-state index in [1.54, 1.807) is 19.1 Å². The number of hydrogen-bond acceptors (Lipinski definition) is 6. The molecule has 8 heteroatoms. The van der Waals surface area contributed by atoms with E-state index in [0.717, 1.165) is 48.1 Å². The fourth-order valence-electron chi connectivity index (χ4n) is 4.41. The Morgan fingerprint density at radius 2 is 1.76 bits per heavy atom. The van der Waals surface area contributed by atoms with Crippen LogP contribution in [-0.2, 0) is 0 Å². The van der Waals surface area contributed by atoms with E-state index in [9.17, 15) is 14.9 Å². The number of aryl methyl sites for hydroxylation is 1. The third-order valence-electron chi connectivity index (χ3n) is 6.26.